The van der Waals surface area contributed by atoms with Crippen molar-refractivity contribution in [1.29, 1.82) is 0 Å². The Labute approximate surface area is 156 Å². The van der Waals surface area contributed by atoms with Crippen molar-refractivity contribution in [3.8, 4) is 5.75 Å². The van der Waals surface area contributed by atoms with E-state index in [4.69, 9.17) is 9.47 Å². The molecule has 26 heavy (non-hydrogen) atoms. The van der Waals surface area contributed by atoms with E-state index in [-0.39, 0.29) is 6.09 Å². The molecule has 1 amide bonds. The van der Waals surface area contributed by atoms with Crippen LogP contribution in [-0.4, -0.2) is 56.3 Å². The third-order valence-corrected chi connectivity index (χ3v) is 3.57. The molecule has 0 saturated carbocycles. The van der Waals surface area contributed by atoms with Crippen LogP contribution in [-0.2, 0) is 11.3 Å². The topological polar surface area (TPSA) is 75.2 Å². The molecule has 0 fully saturated rings. The number of carbonyl (C=O) groups excluding carboxylic acids is 1. The van der Waals surface area contributed by atoms with Gasteiger partial charge in [0, 0.05) is 38.8 Å². The average Bonchev–Trinajstić information content (AvgIpc) is 2.59. The number of guanidine groups is 1. The highest BCUT2D eigenvalue weighted by atomic mass is 16.6. The van der Waals surface area contributed by atoms with Crippen LogP contribution in [0.5, 0.6) is 5.75 Å². The first kappa shape index (κ1) is 21.6. The van der Waals surface area contributed by atoms with Crippen molar-refractivity contribution in [2.24, 2.45) is 4.99 Å². The monoisotopic (exact) mass is 364 g/mol. The number of likely N-dealkylation sites (N-methyl/N-ethyl adjacent to an activating group) is 1. The Kier molecular flexibility index (Phi) is 8.75. The molecule has 2 N–H and O–H groups in total. The quantitative estimate of drug-likeness (QED) is 0.575. The van der Waals surface area contributed by atoms with Crippen LogP contribution in [0.3, 0.4) is 0 Å². The number of nitrogens with zero attached hydrogens (tertiary/aromatic N) is 2. The molecule has 0 aliphatic heterocycles. The van der Waals surface area contributed by atoms with Crippen LogP contribution in [0.1, 0.15) is 33.3 Å². The summed E-state index contributed by atoms with van der Waals surface area (Å²) in [5, 5.41) is 6.45. The second-order valence-corrected chi connectivity index (χ2v) is 6.72. The molecule has 0 radical (unpaired) electrons. The minimum Gasteiger partial charge on any atom is -0.496 e. The summed E-state index contributed by atoms with van der Waals surface area (Å²) < 4.78 is 10.8. The molecule has 1 rings (SSSR count). The zero-order chi connectivity index (χ0) is 19.6. The van der Waals surface area contributed by atoms with E-state index in [0.717, 1.165) is 11.3 Å². The predicted octanol–water partition coefficient (Wildman–Crippen LogP) is 2.62. The summed E-state index contributed by atoms with van der Waals surface area (Å²) >= 11 is 0. The van der Waals surface area contributed by atoms with Gasteiger partial charge in [-0.3, -0.25) is 4.99 Å². The lowest BCUT2D eigenvalue weighted by molar-refractivity contribution is 0.0264. The van der Waals surface area contributed by atoms with E-state index in [2.05, 4.69) is 15.6 Å². The summed E-state index contributed by atoms with van der Waals surface area (Å²) in [6.07, 6.45) is -0.307. The number of rotatable bonds is 7. The number of methoxy groups -OCH3 is 1. The van der Waals surface area contributed by atoms with Crippen LogP contribution in [0, 0.1) is 0 Å². The van der Waals surface area contributed by atoms with Gasteiger partial charge in [0.15, 0.2) is 5.96 Å². The van der Waals surface area contributed by atoms with E-state index in [0.29, 0.717) is 32.1 Å². The molecule has 0 heterocycles. The first-order chi connectivity index (χ1) is 12.3. The summed E-state index contributed by atoms with van der Waals surface area (Å²) in [5.41, 5.74) is 0.548. The minimum atomic E-state index is -0.496. The van der Waals surface area contributed by atoms with E-state index in [1.165, 1.54) is 0 Å². The number of hydrogen-bond acceptors (Lipinski definition) is 4. The van der Waals surface area contributed by atoms with Gasteiger partial charge < -0.3 is 25.0 Å². The van der Waals surface area contributed by atoms with Gasteiger partial charge in [0.05, 0.1) is 7.11 Å². The lowest BCUT2D eigenvalue weighted by Gasteiger charge is -2.26. The highest BCUT2D eigenvalue weighted by molar-refractivity contribution is 5.79. The summed E-state index contributed by atoms with van der Waals surface area (Å²) in [6.45, 7) is 9.79. The fourth-order valence-electron chi connectivity index (χ4n) is 2.26. The fourth-order valence-corrected chi connectivity index (χ4v) is 2.26. The minimum absolute atomic E-state index is 0.307. The molecule has 0 unspecified atom stereocenters. The molecular formula is C19H32N4O3. The van der Waals surface area contributed by atoms with Crippen LogP contribution in [0.4, 0.5) is 4.79 Å². The summed E-state index contributed by atoms with van der Waals surface area (Å²) in [7, 11) is 3.37. The molecule has 0 saturated heterocycles. The number of benzene rings is 1. The number of carbonyl (C=O) groups is 1. The maximum atomic E-state index is 12.1. The van der Waals surface area contributed by atoms with Gasteiger partial charge in [-0.15, -0.1) is 0 Å². The predicted molar refractivity (Wildman–Crippen MR) is 105 cm³/mol. The normalized spacial score (nSPS) is 11.7. The van der Waals surface area contributed by atoms with Gasteiger partial charge in [0.25, 0.3) is 0 Å². The smallest absolute Gasteiger partial charge is 0.410 e. The first-order valence-electron chi connectivity index (χ1n) is 8.85. The van der Waals surface area contributed by atoms with Gasteiger partial charge in [0.2, 0.25) is 0 Å². The van der Waals surface area contributed by atoms with E-state index in [9.17, 15) is 4.79 Å². The number of aliphatic imine (C=N–C) groups is 1. The molecule has 1 aromatic carbocycles. The van der Waals surface area contributed by atoms with Gasteiger partial charge in [0.1, 0.15) is 11.4 Å². The molecule has 0 aromatic heterocycles. The summed E-state index contributed by atoms with van der Waals surface area (Å²) in [6, 6.07) is 7.83. The number of amides is 1. The third-order valence-electron chi connectivity index (χ3n) is 3.57. The van der Waals surface area contributed by atoms with E-state index < -0.39 is 5.60 Å². The van der Waals surface area contributed by atoms with E-state index >= 15 is 0 Å². The Morgan fingerprint density at radius 1 is 1.23 bits per heavy atom. The summed E-state index contributed by atoms with van der Waals surface area (Å²) in [4.78, 5) is 18.0. The van der Waals surface area contributed by atoms with Crippen LogP contribution in [0.2, 0.25) is 0 Å². The number of ether oxygens (including phenoxy) is 2. The number of nitrogens with one attached hydrogen (secondary N) is 2. The van der Waals surface area contributed by atoms with Crippen LogP contribution in [0.25, 0.3) is 0 Å². The molecule has 0 spiro atoms. The maximum Gasteiger partial charge on any atom is 0.410 e. The van der Waals surface area contributed by atoms with Gasteiger partial charge in [-0.05, 0) is 33.8 Å². The van der Waals surface area contributed by atoms with Crippen molar-refractivity contribution in [3.63, 3.8) is 0 Å². The van der Waals surface area contributed by atoms with Crippen LogP contribution < -0.4 is 15.4 Å². The van der Waals surface area contributed by atoms with E-state index in [1.54, 1.807) is 19.1 Å². The molecule has 7 nitrogen and oxygen atoms in total. The molecule has 0 atom stereocenters. The Bertz CT molecular complexity index is 597. The Balaban J connectivity index is 2.47. The van der Waals surface area contributed by atoms with Crippen molar-refractivity contribution in [1.82, 2.24) is 15.5 Å². The second kappa shape index (κ2) is 10.5. The van der Waals surface area contributed by atoms with Gasteiger partial charge >= 0.3 is 6.09 Å². The van der Waals surface area contributed by atoms with Gasteiger partial charge in [-0.2, -0.15) is 0 Å². The van der Waals surface area contributed by atoms with E-state index in [1.807, 2.05) is 52.0 Å². The zero-order valence-electron chi connectivity index (χ0n) is 16.8. The number of para-hydroxylation sites is 1. The van der Waals surface area contributed by atoms with Crippen molar-refractivity contribution in [2.75, 3.05) is 33.8 Å². The van der Waals surface area contributed by atoms with Crippen molar-refractivity contribution >= 4 is 12.1 Å². The fraction of sp³-hybridized carbons (Fsp3) is 0.579. The molecule has 0 bridgehead atoms. The lowest BCUT2D eigenvalue weighted by Crippen LogP contribution is -2.44. The highest BCUT2D eigenvalue weighted by Crippen LogP contribution is 2.16. The Hall–Kier alpha value is -2.44. The van der Waals surface area contributed by atoms with Crippen LogP contribution in [0.15, 0.2) is 29.3 Å². The Morgan fingerprint density at radius 3 is 2.50 bits per heavy atom. The third kappa shape index (κ3) is 7.63. The molecule has 1 aromatic rings. The van der Waals surface area contributed by atoms with Crippen molar-refractivity contribution < 1.29 is 14.3 Å². The molecule has 146 valence electrons. The largest absolute Gasteiger partial charge is 0.496 e. The molecule has 7 heteroatoms. The highest BCUT2D eigenvalue weighted by Gasteiger charge is 2.20. The summed E-state index contributed by atoms with van der Waals surface area (Å²) in [5.74, 6) is 1.49. The molecular weight excluding hydrogens is 332 g/mol. The lowest BCUT2D eigenvalue weighted by atomic mass is 10.2. The maximum absolute atomic E-state index is 12.1. The number of hydrogen-bond donors (Lipinski definition) is 2. The van der Waals surface area contributed by atoms with Gasteiger partial charge in [-0.25, -0.2) is 4.79 Å². The standard InChI is InChI=1S/C19H32N4O3/c1-7-23(18(24)26-19(2,3)4)13-12-21-17(20-5)22-14-15-10-8-9-11-16(15)25-6/h8-11H,7,12-14H2,1-6H3,(H2,20,21,22). The SMILES string of the molecule is CCN(CCNC(=NC)NCc1ccccc1OC)C(=O)OC(C)(C)C. The Morgan fingerprint density at radius 2 is 1.92 bits per heavy atom. The van der Waals surface area contributed by atoms with Crippen molar-refractivity contribution in [3.05, 3.63) is 29.8 Å². The second-order valence-electron chi connectivity index (χ2n) is 6.72. The van der Waals surface area contributed by atoms with Crippen molar-refractivity contribution in [2.45, 2.75) is 39.8 Å². The van der Waals surface area contributed by atoms with Gasteiger partial charge in [-0.1, -0.05) is 18.2 Å². The average molecular weight is 364 g/mol. The molecule has 0 aliphatic carbocycles. The van der Waals surface area contributed by atoms with Crippen LogP contribution >= 0.6 is 0 Å². The molecule has 0 aliphatic rings. The zero-order valence-corrected chi connectivity index (χ0v) is 16.8. The first-order valence-corrected chi connectivity index (χ1v) is 8.85.